The fourth-order valence-electron chi connectivity index (χ4n) is 2.96. The molecule has 0 bridgehead atoms. The van der Waals surface area contributed by atoms with E-state index in [0.717, 1.165) is 12.5 Å². The number of nitrogens with one attached hydrogen (secondary N) is 1. The zero-order valence-corrected chi connectivity index (χ0v) is 11.2. The molecule has 0 aliphatic carbocycles. The summed E-state index contributed by atoms with van der Waals surface area (Å²) in [5, 5.41) is 3.25. The van der Waals surface area contributed by atoms with E-state index in [0.29, 0.717) is 5.92 Å². The van der Waals surface area contributed by atoms with Gasteiger partial charge in [0.05, 0.1) is 11.2 Å². The monoisotopic (exact) mass is 213 g/mol. The third-order valence-electron chi connectivity index (χ3n) is 3.50. The van der Waals surface area contributed by atoms with Gasteiger partial charge in [-0.3, -0.25) is 0 Å². The highest BCUT2D eigenvalue weighted by Crippen LogP contribution is 2.44. The summed E-state index contributed by atoms with van der Waals surface area (Å²) in [6.07, 6.45) is 2.45. The fourth-order valence-corrected chi connectivity index (χ4v) is 2.96. The van der Waals surface area contributed by atoms with E-state index in [9.17, 15) is 0 Å². The lowest BCUT2D eigenvalue weighted by atomic mass is 9.81. The van der Waals surface area contributed by atoms with Crippen LogP contribution in [-0.4, -0.2) is 24.8 Å². The van der Waals surface area contributed by atoms with Crippen LogP contribution in [0.15, 0.2) is 0 Å². The van der Waals surface area contributed by atoms with E-state index in [1.54, 1.807) is 0 Å². The summed E-state index contributed by atoms with van der Waals surface area (Å²) < 4.78 is 6.11. The van der Waals surface area contributed by atoms with Gasteiger partial charge in [0.25, 0.3) is 0 Å². The molecule has 2 heteroatoms. The zero-order chi connectivity index (χ0) is 11.7. The first kappa shape index (κ1) is 13.0. The molecular weight excluding hydrogens is 186 g/mol. The minimum Gasteiger partial charge on any atom is -0.369 e. The molecule has 2 unspecified atom stereocenters. The van der Waals surface area contributed by atoms with Gasteiger partial charge in [-0.2, -0.15) is 0 Å². The maximum atomic E-state index is 6.11. The van der Waals surface area contributed by atoms with Gasteiger partial charge in [0.15, 0.2) is 0 Å². The van der Waals surface area contributed by atoms with Gasteiger partial charge in [-0.1, -0.05) is 6.92 Å². The second-order valence-electron chi connectivity index (χ2n) is 6.26. The van der Waals surface area contributed by atoms with Crippen LogP contribution in [0.2, 0.25) is 0 Å². The number of rotatable bonds is 4. The molecule has 0 aromatic rings. The summed E-state index contributed by atoms with van der Waals surface area (Å²) in [7, 11) is 2.02. The highest BCUT2D eigenvalue weighted by molar-refractivity contribution is 4.94. The van der Waals surface area contributed by atoms with Crippen molar-refractivity contribution >= 4 is 0 Å². The summed E-state index contributed by atoms with van der Waals surface area (Å²) in [6.45, 7) is 12.3. The molecule has 0 aromatic heterocycles. The average molecular weight is 213 g/mol. The van der Waals surface area contributed by atoms with Gasteiger partial charge in [-0.05, 0) is 66.0 Å². The lowest BCUT2D eigenvalue weighted by molar-refractivity contribution is -0.0762. The molecule has 0 aromatic carbocycles. The lowest BCUT2D eigenvalue weighted by Gasteiger charge is -2.28. The van der Waals surface area contributed by atoms with E-state index in [-0.39, 0.29) is 11.2 Å². The Morgan fingerprint density at radius 2 is 1.93 bits per heavy atom. The molecule has 1 saturated heterocycles. The van der Waals surface area contributed by atoms with E-state index >= 15 is 0 Å². The van der Waals surface area contributed by atoms with Crippen molar-refractivity contribution in [2.75, 3.05) is 13.6 Å². The Balaban J connectivity index is 2.55. The molecule has 1 heterocycles. The van der Waals surface area contributed by atoms with Crippen molar-refractivity contribution in [3.05, 3.63) is 0 Å². The maximum Gasteiger partial charge on any atom is 0.0662 e. The van der Waals surface area contributed by atoms with Crippen LogP contribution in [0.25, 0.3) is 0 Å². The summed E-state index contributed by atoms with van der Waals surface area (Å²) in [6, 6.07) is 0. The molecule has 90 valence electrons. The molecule has 0 spiro atoms. The quantitative estimate of drug-likeness (QED) is 0.775. The van der Waals surface area contributed by atoms with Crippen LogP contribution in [-0.2, 0) is 4.74 Å². The van der Waals surface area contributed by atoms with E-state index in [1.807, 2.05) is 7.05 Å². The molecule has 0 amide bonds. The molecule has 2 atom stereocenters. The van der Waals surface area contributed by atoms with Gasteiger partial charge in [-0.15, -0.1) is 0 Å². The van der Waals surface area contributed by atoms with Crippen LogP contribution in [0.3, 0.4) is 0 Å². The number of hydrogen-bond donors (Lipinski definition) is 1. The standard InChI is InChI=1S/C13H27NO/c1-10(9-14-6)7-11-8-12(2,3)15-13(11,4)5/h10-11,14H,7-9H2,1-6H3. The minimum atomic E-state index is 0.0471. The van der Waals surface area contributed by atoms with Crippen molar-refractivity contribution in [2.24, 2.45) is 11.8 Å². The predicted molar refractivity (Wildman–Crippen MR) is 65.1 cm³/mol. The molecule has 0 saturated carbocycles. The second-order valence-corrected chi connectivity index (χ2v) is 6.26. The van der Waals surface area contributed by atoms with Crippen molar-refractivity contribution in [2.45, 2.75) is 58.7 Å². The van der Waals surface area contributed by atoms with Gasteiger partial charge < -0.3 is 10.1 Å². The fraction of sp³-hybridized carbons (Fsp3) is 1.00. The third kappa shape index (κ3) is 3.46. The highest BCUT2D eigenvalue weighted by Gasteiger charge is 2.45. The van der Waals surface area contributed by atoms with Gasteiger partial charge >= 0.3 is 0 Å². The summed E-state index contributed by atoms with van der Waals surface area (Å²) in [5.41, 5.74) is 0.110. The van der Waals surface area contributed by atoms with Crippen molar-refractivity contribution < 1.29 is 4.74 Å². The zero-order valence-electron chi connectivity index (χ0n) is 11.2. The predicted octanol–water partition coefficient (Wildman–Crippen LogP) is 2.83. The smallest absolute Gasteiger partial charge is 0.0662 e. The van der Waals surface area contributed by atoms with Crippen LogP contribution >= 0.6 is 0 Å². The molecule has 1 fully saturated rings. The maximum absolute atomic E-state index is 6.11. The number of hydrogen-bond acceptors (Lipinski definition) is 2. The highest BCUT2D eigenvalue weighted by atomic mass is 16.5. The largest absolute Gasteiger partial charge is 0.369 e. The molecule has 15 heavy (non-hydrogen) atoms. The lowest BCUT2D eigenvalue weighted by Crippen LogP contribution is -2.31. The Bertz CT molecular complexity index is 211. The van der Waals surface area contributed by atoms with Crippen molar-refractivity contribution in [3.63, 3.8) is 0 Å². The Kier molecular flexibility index (Phi) is 3.83. The van der Waals surface area contributed by atoms with Crippen LogP contribution in [0.5, 0.6) is 0 Å². The normalized spacial score (nSPS) is 30.4. The Morgan fingerprint density at radius 3 is 2.33 bits per heavy atom. The van der Waals surface area contributed by atoms with E-state index < -0.39 is 0 Å². The van der Waals surface area contributed by atoms with Crippen molar-refractivity contribution in [1.29, 1.82) is 0 Å². The molecule has 1 aliphatic rings. The van der Waals surface area contributed by atoms with Gasteiger partial charge in [0.1, 0.15) is 0 Å². The Hall–Kier alpha value is -0.0800. The summed E-state index contributed by atoms with van der Waals surface area (Å²) >= 11 is 0. The van der Waals surface area contributed by atoms with Gasteiger partial charge in [0, 0.05) is 0 Å². The minimum absolute atomic E-state index is 0.0471. The summed E-state index contributed by atoms with van der Waals surface area (Å²) in [4.78, 5) is 0. The van der Waals surface area contributed by atoms with Crippen molar-refractivity contribution in [3.8, 4) is 0 Å². The first-order valence-electron chi connectivity index (χ1n) is 6.11. The Morgan fingerprint density at radius 1 is 1.33 bits per heavy atom. The molecule has 1 rings (SSSR count). The third-order valence-corrected chi connectivity index (χ3v) is 3.50. The van der Waals surface area contributed by atoms with Crippen LogP contribution in [0.1, 0.15) is 47.5 Å². The van der Waals surface area contributed by atoms with E-state index in [1.165, 1.54) is 12.8 Å². The van der Waals surface area contributed by atoms with Gasteiger partial charge in [0.2, 0.25) is 0 Å². The van der Waals surface area contributed by atoms with Crippen molar-refractivity contribution in [1.82, 2.24) is 5.32 Å². The van der Waals surface area contributed by atoms with Crippen LogP contribution < -0.4 is 5.32 Å². The summed E-state index contributed by atoms with van der Waals surface area (Å²) in [5.74, 6) is 1.42. The first-order chi connectivity index (χ1) is 6.77. The van der Waals surface area contributed by atoms with E-state index in [4.69, 9.17) is 4.74 Å². The molecular formula is C13H27NO. The van der Waals surface area contributed by atoms with E-state index in [2.05, 4.69) is 39.9 Å². The molecule has 1 aliphatic heterocycles. The second kappa shape index (κ2) is 4.42. The van der Waals surface area contributed by atoms with Crippen LogP contribution in [0, 0.1) is 11.8 Å². The molecule has 2 nitrogen and oxygen atoms in total. The number of ether oxygens (including phenoxy) is 1. The first-order valence-corrected chi connectivity index (χ1v) is 6.11. The Labute approximate surface area is 94.8 Å². The topological polar surface area (TPSA) is 21.3 Å². The molecule has 1 N–H and O–H groups in total. The molecule has 0 radical (unpaired) electrons. The van der Waals surface area contributed by atoms with Gasteiger partial charge in [-0.25, -0.2) is 0 Å². The van der Waals surface area contributed by atoms with Crippen LogP contribution in [0.4, 0.5) is 0 Å². The average Bonchev–Trinajstić information content (AvgIpc) is 2.19. The SMILES string of the molecule is CNCC(C)CC1CC(C)(C)OC1(C)C.